The topological polar surface area (TPSA) is 71.5 Å². The van der Waals surface area contributed by atoms with E-state index in [1.807, 2.05) is 11.0 Å². The minimum atomic E-state index is -0.370. The molecule has 6 heteroatoms. The van der Waals surface area contributed by atoms with E-state index in [0.29, 0.717) is 17.3 Å². The summed E-state index contributed by atoms with van der Waals surface area (Å²) in [7, 11) is 1.36. The summed E-state index contributed by atoms with van der Waals surface area (Å²) in [6.07, 6.45) is 5.90. The van der Waals surface area contributed by atoms with Crippen LogP contribution in [0.3, 0.4) is 0 Å². The van der Waals surface area contributed by atoms with E-state index in [0.717, 1.165) is 37.2 Å². The van der Waals surface area contributed by atoms with Gasteiger partial charge in [-0.05, 0) is 62.1 Å². The number of anilines is 2. The normalized spacial score (nSPS) is 16.7. The van der Waals surface area contributed by atoms with Crippen LogP contribution in [0.5, 0.6) is 0 Å². The number of esters is 1. The molecule has 2 aromatic rings. The van der Waals surface area contributed by atoms with Gasteiger partial charge in [-0.3, -0.25) is 9.78 Å². The van der Waals surface area contributed by atoms with Crippen molar-refractivity contribution in [1.82, 2.24) is 9.88 Å². The van der Waals surface area contributed by atoms with Crippen molar-refractivity contribution in [3.63, 3.8) is 0 Å². The van der Waals surface area contributed by atoms with Crippen LogP contribution in [0, 0.1) is 0 Å². The van der Waals surface area contributed by atoms with Gasteiger partial charge in [-0.25, -0.2) is 4.79 Å². The second kappa shape index (κ2) is 8.66. The Labute approximate surface area is 159 Å². The lowest BCUT2D eigenvalue weighted by atomic mass is 9.99. The molecule has 142 valence electrons. The number of nitrogens with one attached hydrogen (secondary N) is 1. The summed E-state index contributed by atoms with van der Waals surface area (Å²) in [5, 5.41) is 3.25. The molecular formula is C21H25N3O3. The van der Waals surface area contributed by atoms with Gasteiger partial charge in [-0.15, -0.1) is 0 Å². The highest BCUT2D eigenvalue weighted by atomic mass is 16.5. The van der Waals surface area contributed by atoms with E-state index in [1.165, 1.54) is 13.5 Å². The molecule has 1 unspecified atom stereocenters. The first-order valence-electron chi connectivity index (χ1n) is 9.34. The highest BCUT2D eigenvalue weighted by Gasteiger charge is 2.26. The number of methoxy groups -OCH3 is 1. The van der Waals surface area contributed by atoms with E-state index in [-0.39, 0.29) is 11.9 Å². The maximum atomic E-state index is 12.9. The molecule has 1 aliphatic heterocycles. The molecule has 2 heterocycles. The summed E-state index contributed by atoms with van der Waals surface area (Å²) in [5.74, 6) is -0.378. The Bertz CT molecular complexity index is 805. The molecule has 1 aromatic carbocycles. The van der Waals surface area contributed by atoms with Gasteiger partial charge in [-0.1, -0.05) is 6.92 Å². The van der Waals surface area contributed by atoms with Crippen LogP contribution in [-0.2, 0) is 4.74 Å². The number of rotatable bonds is 5. The molecule has 1 aromatic heterocycles. The van der Waals surface area contributed by atoms with Gasteiger partial charge < -0.3 is 15.0 Å². The third-order valence-electron chi connectivity index (χ3n) is 4.93. The van der Waals surface area contributed by atoms with Crippen molar-refractivity contribution < 1.29 is 14.3 Å². The molecule has 1 amide bonds. The summed E-state index contributed by atoms with van der Waals surface area (Å²) in [6, 6.07) is 10.9. The molecule has 1 saturated heterocycles. The average molecular weight is 367 g/mol. The predicted octanol–water partition coefficient (Wildman–Crippen LogP) is 4.02. The summed E-state index contributed by atoms with van der Waals surface area (Å²) < 4.78 is 4.70. The second-order valence-corrected chi connectivity index (χ2v) is 6.68. The standard InChI is InChI=1S/C21H25N3O3/c1-3-18-6-4-5-13-24(18)20(25)19-14-17(11-12-22-19)23-16-9-7-15(8-10-16)21(26)27-2/h7-12,14,18H,3-6,13H2,1-2H3,(H,22,23). The maximum absolute atomic E-state index is 12.9. The Hall–Kier alpha value is -2.89. The van der Waals surface area contributed by atoms with E-state index >= 15 is 0 Å². The molecule has 1 aliphatic rings. The monoisotopic (exact) mass is 367 g/mol. The van der Waals surface area contributed by atoms with Crippen LogP contribution < -0.4 is 5.32 Å². The summed E-state index contributed by atoms with van der Waals surface area (Å²) in [6.45, 7) is 2.92. The van der Waals surface area contributed by atoms with Crippen LogP contribution in [0.15, 0.2) is 42.6 Å². The fraction of sp³-hybridized carbons (Fsp3) is 0.381. The second-order valence-electron chi connectivity index (χ2n) is 6.68. The van der Waals surface area contributed by atoms with Crippen LogP contribution in [-0.4, -0.2) is 41.5 Å². The number of nitrogens with zero attached hydrogens (tertiary/aromatic N) is 2. The Morgan fingerprint density at radius 1 is 1.19 bits per heavy atom. The minimum absolute atomic E-state index is 0.00811. The predicted molar refractivity (Wildman–Crippen MR) is 104 cm³/mol. The quantitative estimate of drug-likeness (QED) is 0.808. The van der Waals surface area contributed by atoms with Crippen molar-refractivity contribution >= 4 is 23.3 Å². The van der Waals surface area contributed by atoms with Gasteiger partial charge in [0.15, 0.2) is 0 Å². The molecule has 0 aliphatic carbocycles. The first-order valence-corrected chi connectivity index (χ1v) is 9.34. The van der Waals surface area contributed by atoms with Crippen molar-refractivity contribution in [2.75, 3.05) is 19.0 Å². The zero-order chi connectivity index (χ0) is 19.2. The smallest absolute Gasteiger partial charge is 0.337 e. The molecule has 1 atom stereocenters. The molecule has 1 N–H and O–H groups in total. The number of carbonyl (C=O) groups is 2. The first kappa shape index (κ1) is 18.9. The number of pyridine rings is 1. The molecule has 1 fully saturated rings. The highest BCUT2D eigenvalue weighted by Crippen LogP contribution is 2.23. The van der Waals surface area contributed by atoms with Gasteiger partial charge in [0.05, 0.1) is 12.7 Å². The van der Waals surface area contributed by atoms with E-state index in [9.17, 15) is 9.59 Å². The highest BCUT2D eigenvalue weighted by molar-refractivity contribution is 5.93. The van der Waals surface area contributed by atoms with Crippen molar-refractivity contribution in [3.05, 3.63) is 53.9 Å². The molecule has 0 spiro atoms. The number of amides is 1. The lowest BCUT2D eigenvalue weighted by Crippen LogP contribution is -2.43. The number of likely N-dealkylation sites (tertiary alicyclic amines) is 1. The number of aromatic nitrogens is 1. The van der Waals surface area contributed by atoms with Crippen LogP contribution in [0.4, 0.5) is 11.4 Å². The molecule has 27 heavy (non-hydrogen) atoms. The van der Waals surface area contributed by atoms with Gasteiger partial charge in [0.1, 0.15) is 5.69 Å². The largest absolute Gasteiger partial charge is 0.465 e. The third-order valence-corrected chi connectivity index (χ3v) is 4.93. The zero-order valence-electron chi connectivity index (χ0n) is 15.8. The third kappa shape index (κ3) is 4.45. The van der Waals surface area contributed by atoms with Crippen molar-refractivity contribution in [2.45, 2.75) is 38.6 Å². The van der Waals surface area contributed by atoms with Crippen LogP contribution >= 0.6 is 0 Å². The van der Waals surface area contributed by atoms with E-state index in [4.69, 9.17) is 4.74 Å². The van der Waals surface area contributed by atoms with Gasteiger partial charge in [-0.2, -0.15) is 0 Å². The fourth-order valence-electron chi connectivity index (χ4n) is 3.44. The summed E-state index contributed by atoms with van der Waals surface area (Å²) >= 11 is 0. The van der Waals surface area contributed by atoms with Crippen molar-refractivity contribution in [2.24, 2.45) is 0 Å². The molecule has 6 nitrogen and oxygen atoms in total. The molecule has 3 rings (SSSR count). The summed E-state index contributed by atoms with van der Waals surface area (Å²) in [4.78, 5) is 30.7. The Morgan fingerprint density at radius 3 is 2.67 bits per heavy atom. The Morgan fingerprint density at radius 2 is 1.96 bits per heavy atom. The number of carbonyl (C=O) groups excluding carboxylic acids is 2. The Kier molecular flexibility index (Phi) is 6.06. The van der Waals surface area contributed by atoms with Gasteiger partial charge in [0, 0.05) is 30.2 Å². The van der Waals surface area contributed by atoms with Crippen LogP contribution in [0.25, 0.3) is 0 Å². The minimum Gasteiger partial charge on any atom is -0.465 e. The molecule has 0 bridgehead atoms. The van der Waals surface area contributed by atoms with Gasteiger partial charge in [0.25, 0.3) is 5.91 Å². The van der Waals surface area contributed by atoms with E-state index in [2.05, 4.69) is 17.2 Å². The number of piperidine rings is 1. The molecule has 0 radical (unpaired) electrons. The van der Waals surface area contributed by atoms with Crippen LogP contribution in [0.2, 0.25) is 0 Å². The fourth-order valence-corrected chi connectivity index (χ4v) is 3.44. The summed E-state index contributed by atoms with van der Waals surface area (Å²) in [5.41, 5.74) is 2.54. The van der Waals surface area contributed by atoms with Crippen LogP contribution in [0.1, 0.15) is 53.5 Å². The molecule has 0 saturated carbocycles. The van der Waals surface area contributed by atoms with Gasteiger partial charge >= 0.3 is 5.97 Å². The first-order chi connectivity index (χ1) is 13.1. The number of hydrogen-bond acceptors (Lipinski definition) is 5. The van der Waals surface area contributed by atoms with Crippen molar-refractivity contribution in [3.8, 4) is 0 Å². The van der Waals surface area contributed by atoms with Crippen molar-refractivity contribution in [1.29, 1.82) is 0 Å². The Balaban J connectivity index is 1.73. The zero-order valence-corrected chi connectivity index (χ0v) is 15.8. The lowest BCUT2D eigenvalue weighted by molar-refractivity contribution is 0.0593. The number of hydrogen-bond donors (Lipinski definition) is 1. The van der Waals surface area contributed by atoms with Gasteiger partial charge in [0.2, 0.25) is 0 Å². The maximum Gasteiger partial charge on any atom is 0.337 e. The number of benzene rings is 1. The van der Waals surface area contributed by atoms with E-state index in [1.54, 1.807) is 36.5 Å². The molecular weight excluding hydrogens is 342 g/mol. The average Bonchev–Trinajstić information content (AvgIpc) is 2.73. The number of ether oxygens (including phenoxy) is 1. The SMILES string of the molecule is CCC1CCCCN1C(=O)c1cc(Nc2ccc(C(=O)OC)cc2)ccn1. The van der Waals surface area contributed by atoms with E-state index < -0.39 is 0 Å². The lowest BCUT2D eigenvalue weighted by Gasteiger charge is -2.35.